The summed E-state index contributed by atoms with van der Waals surface area (Å²) in [5.41, 5.74) is -4.45. The van der Waals surface area contributed by atoms with Gasteiger partial charge in [-0.2, -0.15) is 21.6 Å². The number of aliphatic hydroxyl groups excluding tert-OH is 1. The van der Waals surface area contributed by atoms with Crippen LogP contribution in [0, 0.1) is 46.3 Å². The fraction of sp³-hybridized carbons (Fsp3) is 0.694. The van der Waals surface area contributed by atoms with Gasteiger partial charge in [0.2, 0.25) is 8.32 Å². The number of ether oxygens (including phenoxy) is 16. The Balaban J connectivity index is 0.000000175. The van der Waals surface area contributed by atoms with Crippen molar-refractivity contribution in [1.29, 1.82) is 0 Å². The number of aliphatic hydroxyl groups is 1. The molecule has 16 aliphatic rings. The van der Waals surface area contributed by atoms with Gasteiger partial charge >= 0.3 is 67.0 Å². The van der Waals surface area contributed by atoms with Crippen LogP contribution in [0.4, 0.5) is 13.2 Å². The summed E-state index contributed by atoms with van der Waals surface area (Å²) in [4.78, 5) is 61.1. The van der Waals surface area contributed by atoms with Gasteiger partial charge in [0.25, 0.3) is 0 Å². The molecule has 39 heteroatoms. The van der Waals surface area contributed by atoms with Gasteiger partial charge in [0.05, 0.1) is 41.9 Å². The molecule has 4 N–H and O–H groups in total. The van der Waals surface area contributed by atoms with Crippen LogP contribution in [-0.4, -0.2) is 231 Å². The van der Waals surface area contributed by atoms with Gasteiger partial charge < -0.3 is 119 Å². The summed E-state index contributed by atoms with van der Waals surface area (Å²) < 4.78 is 164. The van der Waals surface area contributed by atoms with Crippen molar-refractivity contribution in [2.45, 2.75) is 398 Å². The summed E-state index contributed by atoms with van der Waals surface area (Å²) >= 11 is 11.7. The van der Waals surface area contributed by atoms with Crippen molar-refractivity contribution in [2.75, 3.05) is 0 Å². The van der Waals surface area contributed by atoms with Gasteiger partial charge in [-0.1, -0.05) is 98.2 Å². The van der Waals surface area contributed by atoms with Crippen LogP contribution in [0.5, 0.6) is 0 Å². The Morgan fingerprint density at radius 2 is 1.02 bits per heavy atom. The van der Waals surface area contributed by atoms with E-state index in [9.17, 15) is 45.9 Å². The average Bonchev–Trinajstić information content (AvgIpc) is 1.57. The van der Waals surface area contributed by atoms with Crippen LogP contribution in [0.25, 0.3) is 17.1 Å². The molecule has 760 valence electrons. The van der Waals surface area contributed by atoms with E-state index in [-0.39, 0.29) is 189 Å². The van der Waals surface area contributed by atoms with Gasteiger partial charge in [-0.3, -0.25) is 23.4 Å². The number of aromatic nitrogens is 5. The third-order valence-electron chi connectivity index (χ3n) is 27.2. The Morgan fingerprint density at radius 3 is 1.55 bits per heavy atom. The molecule has 0 bridgehead atoms. The minimum Gasteiger partial charge on any atom is -0.545 e. The maximum atomic E-state index is 12.5. The van der Waals surface area contributed by atoms with Crippen LogP contribution in [0.3, 0.4) is 0 Å². The molecule has 0 unspecified atom stereocenters. The first kappa shape index (κ1) is 116. The Kier molecular flexibility index (Phi) is 36.3. The third-order valence-corrected chi connectivity index (χ3v) is 33.5. The van der Waals surface area contributed by atoms with E-state index < -0.39 is 106 Å². The van der Waals surface area contributed by atoms with E-state index in [1.165, 1.54) is 30.9 Å². The molecule has 0 spiro atoms. The molecule has 3 aromatic rings. The topological polar surface area (TPSA) is 380 Å². The second-order valence-corrected chi connectivity index (χ2v) is 48.8. The molecule has 8 aliphatic heterocycles. The molecule has 3 aromatic heterocycles. The van der Waals surface area contributed by atoms with Crippen molar-refractivity contribution in [1.82, 2.24) is 30.7 Å². The number of carbonyl (C=O) groups is 4. The number of halogens is 5. The largest absolute Gasteiger partial charge is 1.00 e. The van der Waals surface area contributed by atoms with Crippen molar-refractivity contribution in [3.05, 3.63) is 140 Å². The molecule has 0 radical (unpaired) electrons. The molecule has 13 fully saturated rings. The quantitative estimate of drug-likeness (QED) is 0.0401. The normalized spacial score (nSPS) is 37.4. The zero-order valence-electron chi connectivity index (χ0n) is 84.2. The number of hydrogen-bond donors (Lipinski definition) is 2. The molecule has 25 atom stereocenters. The minimum atomic E-state index is -5.69. The van der Waals surface area contributed by atoms with E-state index in [1.807, 2.05) is 142 Å². The van der Waals surface area contributed by atoms with Gasteiger partial charge in [-0.15, -0.1) is 44.1 Å². The predicted octanol–water partition coefficient (Wildman–Crippen LogP) is 14.6. The number of fused-ring (bicyclic) bond motifs is 9. The summed E-state index contributed by atoms with van der Waals surface area (Å²) in [7, 11) is -7.31. The zero-order valence-corrected chi connectivity index (χ0v) is 90.6. The molecule has 11 heterocycles. The molecule has 31 nitrogen and oxygen atoms in total. The zero-order chi connectivity index (χ0) is 101. The van der Waals surface area contributed by atoms with Crippen LogP contribution in [0.2, 0.25) is 28.4 Å². The first-order valence-electron chi connectivity index (χ1n) is 46.1. The first-order valence-corrected chi connectivity index (χ1v) is 50.8. The summed E-state index contributed by atoms with van der Waals surface area (Å²) in [5, 5.41) is 11.5. The Labute approximate surface area is 858 Å². The Bertz CT molecular complexity index is 5120. The number of hydrogen-bond acceptors (Lipinski definition) is 30. The molecule has 0 aromatic carbocycles. The van der Waals surface area contributed by atoms with Crippen LogP contribution in [0.15, 0.2) is 111 Å². The smallest absolute Gasteiger partial charge is 0.545 e. The van der Waals surface area contributed by atoms with Crippen molar-refractivity contribution in [3.8, 4) is 0 Å². The number of carbonyl (C=O) groups excluding carboxylic acids is 4. The molecular weight excluding hydrogens is 1890 g/mol. The summed E-state index contributed by atoms with van der Waals surface area (Å²) in [5.74, 6) is -3.01. The van der Waals surface area contributed by atoms with Gasteiger partial charge in [0.1, 0.15) is 90.0 Å². The molecule has 8 aliphatic carbocycles. The van der Waals surface area contributed by atoms with E-state index in [0.717, 1.165) is 46.9 Å². The number of ketones is 4. The fourth-order valence-corrected chi connectivity index (χ4v) is 23.6. The monoisotopic (exact) mass is 2030 g/mol. The summed E-state index contributed by atoms with van der Waals surface area (Å²) in [6.45, 7) is 70.7. The van der Waals surface area contributed by atoms with E-state index in [2.05, 4.69) is 109 Å². The molecule has 5 saturated carbocycles. The maximum Gasteiger partial charge on any atom is 1.00 e. The average molecular weight is 2030 g/mol. The second-order valence-electron chi connectivity index (χ2n) is 41.8. The number of Topliss-reactive ketones (excluding diaryl/α,β-unsaturated/α-hetero) is 2. The molecule has 19 rings (SSSR count). The van der Waals surface area contributed by atoms with Crippen molar-refractivity contribution >= 4 is 81.9 Å². The van der Waals surface area contributed by atoms with Crippen LogP contribution < -0.4 is 57.5 Å². The Morgan fingerprint density at radius 1 is 0.562 bits per heavy atom. The molecule has 137 heavy (non-hydrogen) atoms. The second kappa shape index (κ2) is 42.9. The maximum absolute atomic E-state index is 12.5. The van der Waals surface area contributed by atoms with Crippen LogP contribution >= 0.6 is 23.2 Å². The summed E-state index contributed by atoms with van der Waals surface area (Å²) in [6.07, 6.45) is 20.2. The predicted molar refractivity (Wildman–Crippen MR) is 502 cm³/mol. The third kappa shape index (κ3) is 25.8. The minimum absolute atomic E-state index is 0. The van der Waals surface area contributed by atoms with Crippen LogP contribution in [0.1, 0.15) is 224 Å². The molecule has 8 saturated heterocycles. The molecular formula is C98H141Cl2F3KN6O25SSi-. The van der Waals surface area contributed by atoms with E-state index in [4.69, 9.17) is 110 Å². The van der Waals surface area contributed by atoms with E-state index in [0.29, 0.717) is 47.0 Å². The van der Waals surface area contributed by atoms with Gasteiger partial charge in [-0.05, 0) is 202 Å². The van der Waals surface area contributed by atoms with E-state index >= 15 is 0 Å². The first-order chi connectivity index (χ1) is 62.2. The van der Waals surface area contributed by atoms with Crippen LogP contribution in [-0.2, 0) is 114 Å². The number of nitrogens with zero attached hydrogens (tertiary/aromatic N) is 5. The van der Waals surface area contributed by atoms with Gasteiger partial charge in [0, 0.05) is 52.9 Å². The van der Waals surface area contributed by atoms with Gasteiger partial charge in [0.15, 0.2) is 81.6 Å². The number of rotatable bonds is 13. The Hall–Kier alpha value is -4.49. The fourth-order valence-electron chi connectivity index (χ4n) is 20.1. The van der Waals surface area contributed by atoms with Crippen molar-refractivity contribution in [3.63, 3.8) is 0 Å². The standard InChI is InChI=1S/C17H20ClN3O2.C15H28O3Si.C12H17F3O5S.C11H18O3.C11H16O3.C9H14O3.C9H12O3.C8H10O3.C6H3ClN2.K.H3N/c1-5-17(4)8-11(12-13(17)23-16(2,3)22-12)21-7-6-10-14(18)19-9-20-15(10)21;1-7-19(8-2,9-3)18-12-10-11(4)13-14(12)17-15(5,6)16-13;1-5-11(4)6-7(20-21(16,17)12(13,14)15)8-9(11)19-10(2,3)18-8;2*1-5-11(4)6-7(12)8-9(11)14-10(2,3)13-8;2*1-5-4-6(10)8-7(5)11-9(2,3)12-8;1-8(2)10-6-4-3-5(9)7(6)11-8;1-2-5-3-8-4-9-6(5)7;;/h5-7,9,11-13H,1,8H2,2-4H3;10-11,13-14H,7-9H2,1-6H3;5,7-9H,1,6H2,2-4H3;5,7-9,12H,1,6H2,2-4H3;5,8-9H,1,6H2,2-4H3;5,7-8H,4H2,1-3H3;4,7-8H,1-3H3;3-4,6-7H,1-2H3;1-2,4H;;1H3/q;;;;;;;;-2;+1;/t11-,12+,13+,17+;11-,13+,14-;2*7-,8-,9-,11-;8-,9-,11-;5-,7+,8-;7-,8+;6-,7+;;;/m10000011.../s1. The summed E-state index contributed by atoms with van der Waals surface area (Å²) in [6, 6.07) is 5.55. The molecule has 0 amide bonds. The van der Waals surface area contributed by atoms with Gasteiger partial charge in [-0.25, -0.2) is 15.5 Å². The van der Waals surface area contributed by atoms with E-state index in [1.54, 1.807) is 39.0 Å². The van der Waals surface area contributed by atoms with Crippen molar-refractivity contribution in [2.24, 2.45) is 33.5 Å². The number of alkyl halides is 3. The SMILES string of the molecule is C=C[C@@]1(C)CC(=O)[C@@H]2OC(C)(C)O[C@@H]21.C=C[C@@]1(C)C[C@@H](n2ccc3c(Cl)ncnc32)[C@@H]2OC(C)(C)O[C@@H]21.C=C[C@@]1(C)C[C@H](O)[C@@H]2OC(C)(C)O[C@@H]21.C=C[C@@]1(C)C[C@H](OS(=O)(=O)C(F)(F)F)[C@@H]2OC(C)(C)O[C@@H]21.CC1(C)O[C@@H]2C=CC(=O)[C@@H]2O1.CC1=CC(=O)[C@@H]2OC(C)(C)O[C@H]12.CC[Si](CC)(CC)OC1=C[C@H](C)[C@H]2OC(C)(C)O[C@@H]12.C[C@H]1CC(=O)[C@@H]2OC(C)(C)O[C@H]12.N.[CH-]=Cc1[c-]ncnc1Cl.[K+]. The van der Waals surface area contributed by atoms with Crippen molar-refractivity contribution < 1.29 is 182 Å².